The number of esters is 4. The van der Waals surface area contributed by atoms with E-state index in [4.69, 9.17) is 9.47 Å². The number of hydrogen-bond acceptors (Lipinski definition) is 8. The summed E-state index contributed by atoms with van der Waals surface area (Å²) < 4.78 is 19.0. The maximum Gasteiger partial charge on any atom is 0.335 e. The summed E-state index contributed by atoms with van der Waals surface area (Å²) in [6.07, 6.45) is 0. The van der Waals surface area contributed by atoms with Crippen molar-refractivity contribution in [2.75, 3.05) is 21.3 Å². The summed E-state index contributed by atoms with van der Waals surface area (Å²) in [5.74, 6) is -6.27. The van der Waals surface area contributed by atoms with E-state index >= 15 is 0 Å². The quantitative estimate of drug-likeness (QED) is 0.334. The molecule has 2 rings (SSSR count). The van der Waals surface area contributed by atoms with E-state index in [-0.39, 0.29) is 11.3 Å². The van der Waals surface area contributed by atoms with Gasteiger partial charge in [0.05, 0.1) is 21.3 Å². The number of hydrogen-bond donors (Lipinski definition) is 0. The molecule has 0 N–H and O–H groups in total. The fraction of sp³-hybridized carbons (Fsp3) is 0.375. The molecule has 1 aliphatic rings. The number of carbonyl (C=O) groups excluding carboxylic acids is 4. The monoisotopic (exact) mass is 336 g/mol. The van der Waals surface area contributed by atoms with Crippen LogP contribution in [0.3, 0.4) is 0 Å². The number of fused-ring (bicyclic) bond motifs is 1. The van der Waals surface area contributed by atoms with Crippen LogP contribution in [0.5, 0.6) is 5.75 Å². The van der Waals surface area contributed by atoms with Crippen molar-refractivity contribution >= 4 is 23.9 Å². The molecule has 1 aliphatic heterocycles. The largest absolute Gasteiger partial charge is 0.468 e. The lowest BCUT2D eigenvalue weighted by molar-refractivity contribution is -0.175. The number of benzene rings is 1. The maximum atomic E-state index is 12.6. The van der Waals surface area contributed by atoms with E-state index in [1.165, 1.54) is 12.1 Å². The highest BCUT2D eigenvalue weighted by Gasteiger charge is 2.67. The van der Waals surface area contributed by atoms with Gasteiger partial charge < -0.3 is 18.9 Å². The summed E-state index contributed by atoms with van der Waals surface area (Å²) in [7, 11) is 3.10. The Morgan fingerprint density at radius 3 is 2.12 bits per heavy atom. The van der Waals surface area contributed by atoms with Gasteiger partial charge in [0.1, 0.15) is 5.75 Å². The van der Waals surface area contributed by atoms with Gasteiger partial charge >= 0.3 is 23.9 Å². The maximum absolute atomic E-state index is 12.6. The molecule has 1 unspecified atom stereocenters. The van der Waals surface area contributed by atoms with Gasteiger partial charge in [-0.2, -0.15) is 0 Å². The molecule has 8 heteroatoms. The fourth-order valence-corrected chi connectivity index (χ4v) is 2.76. The Morgan fingerprint density at radius 1 is 1.04 bits per heavy atom. The van der Waals surface area contributed by atoms with Gasteiger partial charge in [0.25, 0.3) is 0 Å². The van der Waals surface area contributed by atoms with Gasteiger partial charge in [-0.15, -0.1) is 0 Å². The Kier molecular flexibility index (Phi) is 4.59. The second kappa shape index (κ2) is 6.31. The van der Waals surface area contributed by atoms with Crippen molar-refractivity contribution in [1.29, 1.82) is 0 Å². The molecule has 0 saturated carbocycles. The Bertz CT molecular complexity index is 697. The van der Waals surface area contributed by atoms with E-state index in [0.717, 1.165) is 21.3 Å². The second-order valence-corrected chi connectivity index (χ2v) is 5.17. The summed E-state index contributed by atoms with van der Waals surface area (Å²) in [6.45, 7) is 1.72. The summed E-state index contributed by atoms with van der Waals surface area (Å²) in [4.78, 5) is 49.6. The van der Waals surface area contributed by atoms with Crippen LogP contribution in [-0.4, -0.2) is 45.2 Å². The van der Waals surface area contributed by atoms with Gasteiger partial charge in [0.15, 0.2) is 5.92 Å². The molecule has 0 aliphatic carbocycles. The number of aryl methyl sites for hydroxylation is 1. The van der Waals surface area contributed by atoms with Gasteiger partial charge in [-0.05, 0) is 13.0 Å². The molecule has 0 aromatic heterocycles. The van der Waals surface area contributed by atoms with Crippen LogP contribution in [0.2, 0.25) is 0 Å². The summed E-state index contributed by atoms with van der Waals surface area (Å²) in [6, 6.07) is 4.61. The lowest BCUT2D eigenvalue weighted by Crippen LogP contribution is -2.55. The molecule has 0 amide bonds. The number of rotatable bonds is 4. The first-order chi connectivity index (χ1) is 11.3. The molecule has 1 atom stereocenters. The zero-order chi connectivity index (χ0) is 18.1. The number of ether oxygens (including phenoxy) is 4. The first kappa shape index (κ1) is 17.5. The van der Waals surface area contributed by atoms with Crippen molar-refractivity contribution in [3.05, 3.63) is 29.3 Å². The zero-order valence-electron chi connectivity index (χ0n) is 13.6. The van der Waals surface area contributed by atoms with Gasteiger partial charge in [0.2, 0.25) is 5.41 Å². The molecule has 1 aromatic rings. The normalized spacial score (nSPS) is 18.6. The SMILES string of the molecule is COC(=O)C(C(=O)OC)C1(C(=O)OC)C(=O)Oc2ccc(C)cc21. The topological polar surface area (TPSA) is 105 Å². The standard InChI is InChI=1S/C16H16O8/c1-8-5-6-10-9(7-8)16(14(19)23-4,15(20)24-10)11(12(17)21-2)13(18)22-3/h5-7,11H,1-4H3. The van der Waals surface area contributed by atoms with Crippen molar-refractivity contribution in [2.45, 2.75) is 12.3 Å². The third kappa shape index (κ3) is 2.31. The molecule has 0 saturated heterocycles. The first-order valence-electron chi connectivity index (χ1n) is 6.92. The van der Waals surface area contributed by atoms with E-state index in [2.05, 4.69) is 9.47 Å². The molecular formula is C16H16O8. The van der Waals surface area contributed by atoms with Gasteiger partial charge in [-0.1, -0.05) is 17.7 Å². The summed E-state index contributed by atoms with van der Waals surface area (Å²) in [5.41, 5.74) is -1.58. The van der Waals surface area contributed by atoms with Crippen LogP contribution in [0.1, 0.15) is 11.1 Å². The van der Waals surface area contributed by atoms with E-state index in [0.29, 0.717) is 5.56 Å². The van der Waals surface area contributed by atoms with Gasteiger partial charge in [-0.25, -0.2) is 4.79 Å². The molecule has 0 bridgehead atoms. The van der Waals surface area contributed by atoms with E-state index in [1.807, 2.05) is 0 Å². The van der Waals surface area contributed by atoms with Crippen LogP contribution in [0, 0.1) is 12.8 Å². The van der Waals surface area contributed by atoms with E-state index in [9.17, 15) is 19.2 Å². The Balaban J connectivity index is 2.83. The minimum absolute atomic E-state index is 0.0557. The van der Waals surface area contributed by atoms with E-state index < -0.39 is 35.2 Å². The van der Waals surface area contributed by atoms with Crippen LogP contribution in [0.15, 0.2) is 18.2 Å². The van der Waals surface area contributed by atoms with Crippen molar-refractivity contribution in [2.24, 2.45) is 5.92 Å². The van der Waals surface area contributed by atoms with Crippen molar-refractivity contribution in [1.82, 2.24) is 0 Å². The lowest BCUT2D eigenvalue weighted by atomic mass is 9.70. The van der Waals surface area contributed by atoms with Gasteiger partial charge in [-0.3, -0.25) is 14.4 Å². The minimum Gasteiger partial charge on any atom is -0.468 e. The molecule has 0 radical (unpaired) electrons. The lowest BCUT2D eigenvalue weighted by Gasteiger charge is -2.28. The molecule has 1 heterocycles. The highest BCUT2D eigenvalue weighted by molar-refractivity contribution is 6.18. The highest BCUT2D eigenvalue weighted by Crippen LogP contribution is 2.47. The second-order valence-electron chi connectivity index (χ2n) is 5.17. The fourth-order valence-electron chi connectivity index (χ4n) is 2.76. The summed E-state index contributed by atoms with van der Waals surface area (Å²) in [5, 5.41) is 0. The Labute approximate surface area is 137 Å². The van der Waals surface area contributed by atoms with Crippen LogP contribution in [0.25, 0.3) is 0 Å². The predicted octanol–water partition coefficient (Wildman–Crippen LogP) is 0.287. The minimum atomic E-state index is -2.32. The first-order valence-corrected chi connectivity index (χ1v) is 6.92. The summed E-state index contributed by atoms with van der Waals surface area (Å²) >= 11 is 0. The molecule has 128 valence electrons. The highest BCUT2D eigenvalue weighted by atomic mass is 16.6. The molecule has 8 nitrogen and oxygen atoms in total. The average Bonchev–Trinajstić information content (AvgIpc) is 2.86. The zero-order valence-corrected chi connectivity index (χ0v) is 13.6. The average molecular weight is 336 g/mol. The number of carbonyl (C=O) groups is 4. The van der Waals surface area contributed by atoms with Crippen molar-refractivity contribution in [3.8, 4) is 5.75 Å². The third-order valence-corrected chi connectivity index (χ3v) is 3.90. The smallest absolute Gasteiger partial charge is 0.335 e. The molecule has 24 heavy (non-hydrogen) atoms. The van der Waals surface area contributed by atoms with Crippen LogP contribution in [-0.2, 0) is 38.8 Å². The van der Waals surface area contributed by atoms with Crippen LogP contribution in [0.4, 0.5) is 0 Å². The third-order valence-electron chi connectivity index (χ3n) is 3.90. The van der Waals surface area contributed by atoms with Crippen molar-refractivity contribution in [3.63, 3.8) is 0 Å². The van der Waals surface area contributed by atoms with E-state index in [1.54, 1.807) is 13.0 Å². The Hall–Kier alpha value is -2.90. The van der Waals surface area contributed by atoms with Crippen molar-refractivity contribution < 1.29 is 38.1 Å². The van der Waals surface area contributed by atoms with Gasteiger partial charge in [0, 0.05) is 5.56 Å². The number of methoxy groups -OCH3 is 3. The molecule has 1 aromatic carbocycles. The predicted molar refractivity (Wildman–Crippen MR) is 78.0 cm³/mol. The van der Waals surface area contributed by atoms with Crippen LogP contribution < -0.4 is 4.74 Å². The molecule has 0 fully saturated rings. The molecular weight excluding hydrogens is 320 g/mol. The molecule has 0 spiro atoms. The van der Waals surface area contributed by atoms with Crippen LogP contribution >= 0.6 is 0 Å². The Morgan fingerprint density at radius 2 is 1.62 bits per heavy atom.